The first-order valence-corrected chi connectivity index (χ1v) is 11.7. The van der Waals surface area contributed by atoms with Gasteiger partial charge in [0.1, 0.15) is 17.6 Å². The van der Waals surface area contributed by atoms with Crippen LogP contribution in [0.1, 0.15) is 35.2 Å². The summed E-state index contributed by atoms with van der Waals surface area (Å²) >= 11 is 0. The lowest BCUT2D eigenvalue weighted by atomic mass is 9.94. The quantitative estimate of drug-likeness (QED) is 0.180. The molecule has 8 heteroatoms. The van der Waals surface area contributed by atoms with Crippen molar-refractivity contribution < 1.29 is 24.4 Å². The van der Waals surface area contributed by atoms with E-state index < -0.39 is 22.7 Å². The van der Waals surface area contributed by atoms with Crippen molar-refractivity contribution in [3.8, 4) is 5.75 Å². The number of hydrogen-bond acceptors (Lipinski definition) is 6. The van der Waals surface area contributed by atoms with Gasteiger partial charge in [0.15, 0.2) is 0 Å². The molecule has 0 bridgehead atoms. The number of ether oxygens (including phenoxy) is 1. The van der Waals surface area contributed by atoms with Gasteiger partial charge in [0.2, 0.25) is 0 Å². The van der Waals surface area contributed by atoms with Crippen molar-refractivity contribution in [1.29, 1.82) is 0 Å². The monoisotopic (exact) mass is 484 g/mol. The van der Waals surface area contributed by atoms with Crippen molar-refractivity contribution in [2.75, 3.05) is 6.54 Å². The molecule has 0 radical (unpaired) electrons. The van der Waals surface area contributed by atoms with E-state index in [1.165, 1.54) is 23.1 Å². The van der Waals surface area contributed by atoms with E-state index in [9.17, 15) is 24.8 Å². The second-order valence-electron chi connectivity index (χ2n) is 9.04. The molecule has 2 atom stereocenters. The van der Waals surface area contributed by atoms with Gasteiger partial charge < -0.3 is 14.7 Å². The highest BCUT2D eigenvalue weighted by molar-refractivity contribution is 6.46. The van der Waals surface area contributed by atoms with Crippen molar-refractivity contribution in [2.45, 2.75) is 31.9 Å². The fourth-order valence-corrected chi connectivity index (χ4v) is 4.88. The van der Waals surface area contributed by atoms with Gasteiger partial charge in [0.25, 0.3) is 17.4 Å². The van der Waals surface area contributed by atoms with Crippen molar-refractivity contribution in [2.24, 2.45) is 0 Å². The Balaban J connectivity index is 1.60. The predicted molar refractivity (Wildman–Crippen MR) is 132 cm³/mol. The molecule has 1 amide bonds. The SMILES string of the molecule is CC1Cc2cc(C(O)=C3C(=O)C(=O)N(CCc4ccccc4)C3c3cccc([N+](=O)[O-])c3)ccc2O1. The summed E-state index contributed by atoms with van der Waals surface area (Å²) < 4.78 is 5.73. The molecule has 182 valence electrons. The molecular weight excluding hydrogens is 460 g/mol. The zero-order chi connectivity index (χ0) is 25.4. The molecule has 0 aliphatic carbocycles. The molecule has 3 aromatic carbocycles. The summed E-state index contributed by atoms with van der Waals surface area (Å²) in [5.41, 5.74) is 2.41. The zero-order valence-electron chi connectivity index (χ0n) is 19.6. The molecule has 1 saturated heterocycles. The molecule has 1 N–H and O–H groups in total. The van der Waals surface area contributed by atoms with Gasteiger partial charge in [0.05, 0.1) is 16.5 Å². The maximum absolute atomic E-state index is 13.3. The average molecular weight is 485 g/mol. The first kappa shape index (κ1) is 23.3. The number of nitro benzene ring substituents is 1. The molecule has 0 aromatic heterocycles. The number of fused-ring (bicyclic) bond motifs is 1. The first-order chi connectivity index (χ1) is 17.3. The van der Waals surface area contributed by atoms with E-state index in [2.05, 4.69) is 0 Å². The lowest BCUT2D eigenvalue weighted by molar-refractivity contribution is -0.384. The predicted octanol–water partition coefficient (Wildman–Crippen LogP) is 4.58. The number of nitro groups is 1. The van der Waals surface area contributed by atoms with Gasteiger partial charge in [-0.1, -0.05) is 42.5 Å². The minimum Gasteiger partial charge on any atom is -0.507 e. The van der Waals surface area contributed by atoms with Gasteiger partial charge in [-0.05, 0) is 48.2 Å². The highest BCUT2D eigenvalue weighted by atomic mass is 16.6. The molecule has 2 aliphatic heterocycles. The minimum atomic E-state index is -0.961. The Morgan fingerprint density at radius 2 is 1.86 bits per heavy atom. The topological polar surface area (TPSA) is 110 Å². The van der Waals surface area contributed by atoms with Crippen LogP contribution < -0.4 is 4.74 Å². The van der Waals surface area contributed by atoms with Crippen LogP contribution in [0.2, 0.25) is 0 Å². The summed E-state index contributed by atoms with van der Waals surface area (Å²) in [5, 5.41) is 22.8. The number of hydrogen-bond donors (Lipinski definition) is 1. The van der Waals surface area contributed by atoms with Crippen LogP contribution >= 0.6 is 0 Å². The number of benzene rings is 3. The number of ketones is 1. The number of nitrogens with zero attached hydrogens (tertiary/aromatic N) is 2. The van der Waals surface area contributed by atoms with Gasteiger partial charge in [-0.3, -0.25) is 19.7 Å². The number of likely N-dealkylation sites (tertiary alicyclic amines) is 1. The van der Waals surface area contributed by atoms with Crippen molar-refractivity contribution in [3.63, 3.8) is 0 Å². The molecule has 5 rings (SSSR count). The molecular formula is C28H24N2O6. The number of aliphatic hydroxyl groups is 1. The first-order valence-electron chi connectivity index (χ1n) is 11.7. The fraction of sp³-hybridized carbons (Fsp3) is 0.214. The van der Waals surface area contributed by atoms with Crippen LogP contribution in [0.25, 0.3) is 5.76 Å². The highest BCUT2D eigenvalue weighted by Gasteiger charge is 2.46. The van der Waals surface area contributed by atoms with Gasteiger partial charge >= 0.3 is 0 Å². The van der Waals surface area contributed by atoms with Gasteiger partial charge in [-0.2, -0.15) is 0 Å². The molecule has 0 saturated carbocycles. The Hall–Kier alpha value is -4.46. The highest BCUT2D eigenvalue weighted by Crippen LogP contribution is 2.41. The minimum absolute atomic E-state index is 0.00540. The van der Waals surface area contributed by atoms with E-state index in [0.717, 1.165) is 16.9 Å². The molecule has 3 aromatic rings. The van der Waals surface area contributed by atoms with Crippen LogP contribution in [-0.4, -0.2) is 39.3 Å². The molecule has 2 aliphatic rings. The van der Waals surface area contributed by atoms with Crippen LogP contribution in [0, 0.1) is 10.1 Å². The standard InChI is InChI=1S/C28H24N2O6/c1-17-14-21-15-20(10-11-23(21)36-17)26(31)24-25(19-8-5-9-22(16-19)30(34)35)29(28(33)27(24)32)13-12-18-6-3-2-4-7-18/h2-11,15-17,25,31H,12-14H2,1H3. The second kappa shape index (κ2) is 9.30. The summed E-state index contributed by atoms with van der Waals surface area (Å²) in [5.74, 6) is -1.16. The Kier molecular flexibility index (Phi) is 6.01. The number of amides is 1. The van der Waals surface area contributed by atoms with E-state index in [-0.39, 0.29) is 29.7 Å². The van der Waals surface area contributed by atoms with Crippen molar-refractivity contribution in [1.82, 2.24) is 4.90 Å². The van der Waals surface area contributed by atoms with Crippen molar-refractivity contribution in [3.05, 3.63) is 111 Å². The zero-order valence-corrected chi connectivity index (χ0v) is 19.6. The fourth-order valence-electron chi connectivity index (χ4n) is 4.88. The number of rotatable bonds is 6. The third kappa shape index (κ3) is 4.22. The van der Waals surface area contributed by atoms with Crippen LogP contribution in [-0.2, 0) is 22.4 Å². The average Bonchev–Trinajstić information content (AvgIpc) is 3.38. The smallest absolute Gasteiger partial charge is 0.295 e. The van der Waals surface area contributed by atoms with E-state index in [1.54, 1.807) is 24.3 Å². The normalized spacial score (nSPS) is 20.3. The lowest BCUT2D eigenvalue weighted by Crippen LogP contribution is -2.31. The largest absolute Gasteiger partial charge is 0.507 e. The molecule has 1 fully saturated rings. The number of carbonyl (C=O) groups excluding carboxylic acids is 2. The van der Waals surface area contributed by atoms with Crippen LogP contribution in [0.5, 0.6) is 5.75 Å². The Morgan fingerprint density at radius 3 is 2.61 bits per heavy atom. The summed E-state index contributed by atoms with van der Waals surface area (Å²) in [6, 6.07) is 19.5. The Labute approximate surface area is 207 Å². The number of Topliss-reactive ketones (excluding diaryl/α,β-unsaturated/α-hetero) is 1. The Bertz CT molecular complexity index is 1400. The van der Waals surface area contributed by atoms with E-state index >= 15 is 0 Å². The van der Waals surface area contributed by atoms with Crippen LogP contribution in [0.4, 0.5) is 5.69 Å². The number of non-ortho nitro benzene ring substituents is 1. The second-order valence-corrected chi connectivity index (χ2v) is 9.04. The lowest BCUT2D eigenvalue weighted by Gasteiger charge is -2.25. The summed E-state index contributed by atoms with van der Waals surface area (Å²) in [6.45, 7) is 2.15. The Morgan fingerprint density at radius 1 is 1.08 bits per heavy atom. The summed E-state index contributed by atoms with van der Waals surface area (Å²) in [6.07, 6.45) is 1.15. The number of aliphatic hydroxyl groups excluding tert-OH is 1. The van der Waals surface area contributed by atoms with Crippen LogP contribution in [0.3, 0.4) is 0 Å². The molecule has 2 heterocycles. The third-order valence-corrected chi connectivity index (χ3v) is 6.59. The maximum Gasteiger partial charge on any atom is 0.295 e. The van der Waals surface area contributed by atoms with Crippen molar-refractivity contribution >= 4 is 23.1 Å². The van der Waals surface area contributed by atoms with E-state index in [1.807, 2.05) is 37.3 Å². The molecule has 2 unspecified atom stereocenters. The molecule has 8 nitrogen and oxygen atoms in total. The third-order valence-electron chi connectivity index (χ3n) is 6.59. The molecule has 0 spiro atoms. The summed E-state index contributed by atoms with van der Waals surface area (Å²) in [4.78, 5) is 38.8. The van der Waals surface area contributed by atoms with E-state index in [4.69, 9.17) is 4.74 Å². The number of carbonyl (C=O) groups is 2. The van der Waals surface area contributed by atoms with Gasteiger partial charge in [-0.15, -0.1) is 0 Å². The molecule has 36 heavy (non-hydrogen) atoms. The van der Waals surface area contributed by atoms with E-state index in [0.29, 0.717) is 24.0 Å². The van der Waals surface area contributed by atoms with Crippen LogP contribution in [0.15, 0.2) is 78.4 Å². The summed E-state index contributed by atoms with van der Waals surface area (Å²) in [7, 11) is 0. The van der Waals surface area contributed by atoms with Gasteiger partial charge in [0, 0.05) is 30.7 Å². The maximum atomic E-state index is 13.3. The van der Waals surface area contributed by atoms with Gasteiger partial charge in [-0.25, -0.2) is 0 Å².